The Morgan fingerprint density at radius 2 is 1.56 bits per heavy atom. The fraction of sp³-hybridized carbons (Fsp3) is 0.250. The third kappa shape index (κ3) is 4.23. The van der Waals surface area contributed by atoms with Crippen LogP contribution in [-0.4, -0.2) is 30.6 Å². The molecule has 1 fully saturated rings. The molecule has 32 heavy (non-hydrogen) atoms. The highest BCUT2D eigenvalue weighted by atomic mass is 19.1. The van der Waals surface area contributed by atoms with Crippen LogP contribution in [-0.2, 0) is 11.2 Å². The fourth-order valence-corrected chi connectivity index (χ4v) is 4.81. The summed E-state index contributed by atoms with van der Waals surface area (Å²) in [6.45, 7) is 2.54. The number of anilines is 1. The Morgan fingerprint density at radius 3 is 2.34 bits per heavy atom. The number of piperidine rings is 1. The molecular weight excluding hydrogens is 399 g/mol. The first kappa shape index (κ1) is 20.7. The second kappa shape index (κ2) is 9.09. The van der Waals surface area contributed by atoms with Crippen molar-refractivity contribution < 1.29 is 9.18 Å². The molecule has 3 nitrogen and oxygen atoms in total. The van der Waals surface area contributed by atoms with E-state index in [1.165, 1.54) is 11.6 Å². The number of carbonyl (C=O) groups excluding carboxylic acids is 1. The largest absolute Gasteiger partial charge is 0.294 e. The lowest BCUT2D eigenvalue weighted by molar-refractivity contribution is -0.113. The number of likely N-dealkylation sites (tertiary alicyclic amines) is 1. The number of rotatable bonds is 5. The van der Waals surface area contributed by atoms with E-state index < -0.39 is 0 Å². The van der Waals surface area contributed by atoms with Crippen LogP contribution in [0.15, 0.2) is 78.9 Å². The van der Waals surface area contributed by atoms with E-state index in [0.717, 1.165) is 43.6 Å². The first-order chi connectivity index (χ1) is 15.7. The predicted octanol–water partition coefficient (Wildman–Crippen LogP) is 5.63. The minimum Gasteiger partial charge on any atom is -0.294 e. The molecule has 0 atom stereocenters. The summed E-state index contributed by atoms with van der Waals surface area (Å²) in [6.07, 6.45) is 5.07. The second-order valence-electron chi connectivity index (χ2n) is 8.72. The maximum absolute atomic E-state index is 14.2. The van der Waals surface area contributed by atoms with E-state index in [-0.39, 0.29) is 11.7 Å². The van der Waals surface area contributed by atoms with Crippen molar-refractivity contribution in [1.82, 2.24) is 4.90 Å². The molecule has 3 aromatic rings. The van der Waals surface area contributed by atoms with Crippen LogP contribution in [0.5, 0.6) is 0 Å². The summed E-state index contributed by atoms with van der Waals surface area (Å²) in [4.78, 5) is 17.6. The highest BCUT2D eigenvalue weighted by Gasteiger charge is 2.34. The molecule has 1 amide bonds. The van der Waals surface area contributed by atoms with Crippen LogP contribution in [0.25, 0.3) is 11.6 Å². The summed E-state index contributed by atoms with van der Waals surface area (Å²) < 4.78 is 14.2. The molecule has 0 radical (unpaired) electrons. The van der Waals surface area contributed by atoms with Crippen LogP contribution in [0.1, 0.15) is 29.5 Å². The van der Waals surface area contributed by atoms with Gasteiger partial charge in [0.2, 0.25) is 0 Å². The van der Waals surface area contributed by atoms with Gasteiger partial charge in [0.25, 0.3) is 5.91 Å². The maximum Gasteiger partial charge on any atom is 0.260 e. The highest BCUT2D eigenvalue weighted by Crippen LogP contribution is 2.38. The molecule has 4 heteroatoms. The number of fused-ring (bicyclic) bond motifs is 1. The Kier molecular flexibility index (Phi) is 5.87. The van der Waals surface area contributed by atoms with Gasteiger partial charge in [0, 0.05) is 29.8 Å². The van der Waals surface area contributed by atoms with Crippen LogP contribution in [0, 0.1) is 11.7 Å². The fourth-order valence-electron chi connectivity index (χ4n) is 4.81. The normalized spacial score (nSPS) is 18.3. The Hall–Kier alpha value is -3.24. The van der Waals surface area contributed by atoms with Gasteiger partial charge in [0.1, 0.15) is 5.82 Å². The molecule has 0 unspecified atom stereocenters. The van der Waals surface area contributed by atoms with Crippen molar-refractivity contribution in [2.24, 2.45) is 5.92 Å². The highest BCUT2D eigenvalue weighted by molar-refractivity contribution is 6.35. The van der Waals surface area contributed by atoms with Crippen molar-refractivity contribution in [2.75, 3.05) is 24.7 Å². The number of carbonyl (C=O) groups is 1. The summed E-state index contributed by atoms with van der Waals surface area (Å²) >= 11 is 0. The van der Waals surface area contributed by atoms with Crippen molar-refractivity contribution >= 4 is 23.2 Å². The van der Waals surface area contributed by atoms with Crippen LogP contribution in [0.3, 0.4) is 0 Å². The molecule has 2 aliphatic rings. The average molecular weight is 427 g/mol. The van der Waals surface area contributed by atoms with E-state index >= 15 is 0 Å². The molecule has 0 spiro atoms. The summed E-state index contributed by atoms with van der Waals surface area (Å²) in [5, 5.41) is 0. The first-order valence-corrected chi connectivity index (χ1v) is 11.3. The third-order valence-electron chi connectivity index (χ3n) is 6.58. The lowest BCUT2D eigenvalue weighted by atomic mass is 9.90. The second-order valence-corrected chi connectivity index (χ2v) is 8.72. The molecular formula is C28H27FN2O. The monoisotopic (exact) mass is 426 g/mol. The van der Waals surface area contributed by atoms with Crippen molar-refractivity contribution in [3.8, 4) is 0 Å². The van der Waals surface area contributed by atoms with Gasteiger partial charge in [0.05, 0.1) is 12.4 Å². The summed E-state index contributed by atoms with van der Waals surface area (Å²) in [5.74, 6) is 0.316. The van der Waals surface area contributed by atoms with Crippen molar-refractivity contribution in [3.05, 3.63) is 101 Å². The summed E-state index contributed by atoms with van der Waals surface area (Å²) in [6, 6.07) is 25.1. The van der Waals surface area contributed by atoms with E-state index in [1.807, 2.05) is 29.2 Å². The number of para-hydroxylation sites is 1. The zero-order chi connectivity index (χ0) is 21.9. The molecule has 0 bridgehead atoms. The van der Waals surface area contributed by atoms with Gasteiger partial charge in [-0.3, -0.25) is 14.6 Å². The summed E-state index contributed by atoms with van der Waals surface area (Å²) in [7, 11) is 0. The lowest BCUT2D eigenvalue weighted by Gasteiger charge is -2.34. The Morgan fingerprint density at radius 1 is 0.875 bits per heavy atom. The molecule has 1 saturated heterocycles. The molecule has 2 heterocycles. The minimum atomic E-state index is -0.316. The van der Waals surface area contributed by atoms with Crippen LogP contribution in [0.4, 0.5) is 10.1 Å². The molecule has 0 aliphatic carbocycles. The van der Waals surface area contributed by atoms with E-state index in [0.29, 0.717) is 23.7 Å². The van der Waals surface area contributed by atoms with E-state index in [1.54, 1.807) is 24.3 Å². The van der Waals surface area contributed by atoms with Gasteiger partial charge in [-0.25, -0.2) is 4.39 Å². The number of nitrogens with zero attached hydrogens (tertiary/aromatic N) is 2. The molecule has 2 aliphatic heterocycles. The van der Waals surface area contributed by atoms with Gasteiger partial charge >= 0.3 is 0 Å². The van der Waals surface area contributed by atoms with Gasteiger partial charge < -0.3 is 0 Å². The van der Waals surface area contributed by atoms with Gasteiger partial charge in [-0.05, 0) is 49.0 Å². The van der Waals surface area contributed by atoms with Crippen LogP contribution < -0.4 is 4.90 Å². The third-order valence-corrected chi connectivity index (χ3v) is 6.58. The zero-order valence-corrected chi connectivity index (χ0v) is 18.1. The summed E-state index contributed by atoms with van der Waals surface area (Å²) in [5.41, 5.74) is 4.18. The Labute approximate surface area is 188 Å². The molecule has 5 rings (SSSR count). The van der Waals surface area contributed by atoms with E-state index in [2.05, 4.69) is 35.2 Å². The average Bonchev–Trinajstić information content (AvgIpc) is 3.08. The van der Waals surface area contributed by atoms with Crippen LogP contribution in [0.2, 0.25) is 0 Å². The molecule has 0 saturated carbocycles. The minimum absolute atomic E-state index is 0.0548. The van der Waals surface area contributed by atoms with Crippen LogP contribution >= 0.6 is 0 Å². The first-order valence-electron chi connectivity index (χ1n) is 11.3. The van der Waals surface area contributed by atoms with Gasteiger partial charge in [-0.1, -0.05) is 66.7 Å². The maximum atomic E-state index is 14.2. The molecule has 0 N–H and O–H groups in total. The predicted molar refractivity (Wildman–Crippen MR) is 128 cm³/mol. The Bertz CT molecular complexity index is 1130. The number of halogens is 1. The van der Waals surface area contributed by atoms with Crippen molar-refractivity contribution in [3.63, 3.8) is 0 Å². The van der Waals surface area contributed by atoms with Crippen molar-refractivity contribution in [1.29, 1.82) is 0 Å². The van der Waals surface area contributed by atoms with Gasteiger partial charge in [0.15, 0.2) is 0 Å². The van der Waals surface area contributed by atoms with Gasteiger partial charge in [-0.2, -0.15) is 0 Å². The van der Waals surface area contributed by atoms with E-state index in [4.69, 9.17) is 0 Å². The Balaban J connectivity index is 1.30. The molecule has 0 aromatic heterocycles. The zero-order valence-electron chi connectivity index (χ0n) is 18.1. The lowest BCUT2D eigenvalue weighted by Crippen LogP contribution is -2.43. The number of hydrogen-bond acceptors (Lipinski definition) is 2. The molecule has 162 valence electrons. The van der Waals surface area contributed by atoms with E-state index in [9.17, 15) is 9.18 Å². The number of amides is 1. The smallest absolute Gasteiger partial charge is 0.260 e. The van der Waals surface area contributed by atoms with Gasteiger partial charge in [-0.15, -0.1) is 0 Å². The quantitative estimate of drug-likeness (QED) is 0.494. The SMILES string of the molecule is O=C1C(=Cc2ccccc2F)c2ccccc2N1CN1CCC(Cc2ccccc2)CC1. The standard InChI is InChI=1S/C28H27FN2O/c29-26-12-6-4-10-23(26)19-25-24-11-5-7-13-27(24)31(28(25)32)20-30-16-14-22(15-17-30)18-21-8-2-1-3-9-21/h1-13,19,22H,14-18,20H2. The number of hydrogen-bond donors (Lipinski definition) is 0. The topological polar surface area (TPSA) is 23.6 Å². The van der Waals surface area contributed by atoms with Crippen molar-refractivity contribution in [2.45, 2.75) is 19.3 Å². The molecule has 3 aromatic carbocycles. The number of benzene rings is 3.